The van der Waals surface area contributed by atoms with Crippen LogP contribution in [0, 0.1) is 0 Å². The van der Waals surface area contributed by atoms with Crippen molar-refractivity contribution >= 4 is 23.1 Å². The van der Waals surface area contributed by atoms with Crippen LogP contribution in [0.4, 0.5) is 5.69 Å². The number of halogens is 1. The summed E-state index contributed by atoms with van der Waals surface area (Å²) in [6.45, 7) is 1.53. The van der Waals surface area contributed by atoms with Crippen molar-refractivity contribution in [2.45, 2.75) is 6.92 Å². The smallest absolute Gasteiger partial charge is 0.177 e. The summed E-state index contributed by atoms with van der Waals surface area (Å²) in [5, 5.41) is 3.72. The minimum absolute atomic E-state index is 0.0105. The van der Waals surface area contributed by atoms with Gasteiger partial charge in [0.25, 0.3) is 0 Å². The molecule has 0 saturated heterocycles. The fourth-order valence-corrected chi connectivity index (χ4v) is 1.28. The van der Waals surface area contributed by atoms with Crippen LogP contribution in [0.2, 0.25) is 5.02 Å². The maximum absolute atomic E-state index is 11.4. The normalized spacial score (nSPS) is 11.1. The van der Waals surface area contributed by atoms with E-state index in [2.05, 4.69) is 5.32 Å². The van der Waals surface area contributed by atoms with Gasteiger partial charge in [0, 0.05) is 37.9 Å². The number of carbonyl (C=O) groups excluding carboxylic acids is 1. The van der Waals surface area contributed by atoms with Gasteiger partial charge in [-0.1, -0.05) is 11.6 Å². The molecule has 0 unspecified atom stereocenters. The summed E-state index contributed by atoms with van der Waals surface area (Å²) >= 11 is 5.78. The van der Waals surface area contributed by atoms with E-state index in [4.69, 9.17) is 11.6 Å². The Hall–Kier alpha value is -1.48. The average Bonchev–Trinajstić information content (AvgIpc) is 2.19. The lowest BCUT2D eigenvalue weighted by molar-refractivity contribution is -0.113. The molecule has 1 aromatic rings. The van der Waals surface area contributed by atoms with Gasteiger partial charge in [0.05, 0.1) is 5.70 Å². The second-order valence-corrected chi connectivity index (χ2v) is 4.13. The zero-order chi connectivity index (χ0) is 12.1. The van der Waals surface area contributed by atoms with Crippen molar-refractivity contribution in [1.82, 2.24) is 4.90 Å². The lowest BCUT2D eigenvalue weighted by atomic mass is 10.2. The summed E-state index contributed by atoms with van der Waals surface area (Å²) in [5.41, 5.74) is 1.39. The monoisotopic (exact) mass is 238 g/mol. The van der Waals surface area contributed by atoms with Gasteiger partial charge in [0.1, 0.15) is 0 Å². The fraction of sp³-hybridized carbons (Fsp3) is 0.250. The third kappa shape index (κ3) is 3.95. The first-order valence-electron chi connectivity index (χ1n) is 4.91. The van der Waals surface area contributed by atoms with Crippen LogP contribution in [-0.4, -0.2) is 24.8 Å². The minimum Gasteiger partial charge on any atom is -0.382 e. The van der Waals surface area contributed by atoms with E-state index in [1.54, 1.807) is 18.3 Å². The molecule has 1 aromatic carbocycles. The molecule has 0 atom stereocenters. The van der Waals surface area contributed by atoms with Gasteiger partial charge in [-0.15, -0.1) is 0 Å². The van der Waals surface area contributed by atoms with Crippen LogP contribution in [0.5, 0.6) is 0 Å². The van der Waals surface area contributed by atoms with Gasteiger partial charge < -0.3 is 10.2 Å². The molecular formula is C12H15ClN2O. The van der Waals surface area contributed by atoms with E-state index >= 15 is 0 Å². The lowest BCUT2D eigenvalue weighted by Gasteiger charge is -2.12. The Morgan fingerprint density at radius 2 is 1.88 bits per heavy atom. The Bertz CT molecular complexity index is 396. The number of rotatable bonds is 4. The fourth-order valence-electron chi connectivity index (χ4n) is 1.16. The summed E-state index contributed by atoms with van der Waals surface area (Å²) in [6.07, 6.45) is 1.75. The highest BCUT2D eigenvalue weighted by molar-refractivity contribution is 6.30. The van der Waals surface area contributed by atoms with E-state index < -0.39 is 0 Å². The maximum atomic E-state index is 11.4. The molecular weight excluding hydrogens is 224 g/mol. The molecule has 86 valence electrons. The molecule has 4 heteroatoms. The molecule has 1 rings (SSSR count). The number of hydrogen-bond donors (Lipinski definition) is 1. The first kappa shape index (κ1) is 12.6. The number of allylic oxidation sites excluding steroid dienone is 1. The summed E-state index contributed by atoms with van der Waals surface area (Å²) in [6, 6.07) is 7.21. The predicted octanol–water partition coefficient (Wildman–Crippen LogP) is 2.74. The molecule has 1 N–H and O–H groups in total. The van der Waals surface area contributed by atoms with Crippen LogP contribution < -0.4 is 5.32 Å². The number of carbonyl (C=O) groups is 1. The topological polar surface area (TPSA) is 32.3 Å². The molecule has 0 aromatic heterocycles. The Labute approximate surface area is 101 Å². The van der Waals surface area contributed by atoms with E-state index in [1.165, 1.54) is 6.92 Å². The standard InChI is InChI=1S/C12H15ClN2O/c1-9(16)12(8-15(2)3)14-11-6-4-10(13)5-7-11/h4-8,14H,1-3H3/b12-8-. The van der Waals surface area contributed by atoms with Gasteiger partial charge in [-0.25, -0.2) is 0 Å². The van der Waals surface area contributed by atoms with Gasteiger partial charge >= 0.3 is 0 Å². The summed E-state index contributed by atoms with van der Waals surface area (Å²) < 4.78 is 0. The molecule has 0 heterocycles. The molecule has 0 saturated carbocycles. The number of nitrogens with one attached hydrogen (secondary N) is 1. The minimum atomic E-state index is -0.0105. The van der Waals surface area contributed by atoms with Crippen molar-refractivity contribution in [3.63, 3.8) is 0 Å². The zero-order valence-electron chi connectivity index (χ0n) is 9.62. The number of Topliss-reactive ketones (excluding diaryl/α,β-unsaturated/α-hetero) is 1. The van der Waals surface area contributed by atoms with Crippen molar-refractivity contribution in [2.75, 3.05) is 19.4 Å². The number of anilines is 1. The number of nitrogens with zero attached hydrogens (tertiary/aromatic N) is 1. The Morgan fingerprint density at radius 1 is 1.31 bits per heavy atom. The summed E-state index contributed by atoms with van der Waals surface area (Å²) in [7, 11) is 3.74. The van der Waals surface area contributed by atoms with Crippen LogP contribution in [0.15, 0.2) is 36.2 Å². The highest BCUT2D eigenvalue weighted by Gasteiger charge is 2.04. The van der Waals surface area contributed by atoms with Gasteiger partial charge in [0.2, 0.25) is 0 Å². The van der Waals surface area contributed by atoms with Crippen LogP contribution in [0.25, 0.3) is 0 Å². The molecule has 0 radical (unpaired) electrons. The first-order valence-corrected chi connectivity index (χ1v) is 5.28. The van der Waals surface area contributed by atoms with Crippen LogP contribution in [0.3, 0.4) is 0 Å². The van der Waals surface area contributed by atoms with Crippen molar-refractivity contribution in [1.29, 1.82) is 0 Å². The summed E-state index contributed by atoms with van der Waals surface area (Å²) in [4.78, 5) is 13.2. The van der Waals surface area contributed by atoms with Crippen LogP contribution in [0.1, 0.15) is 6.92 Å². The molecule has 3 nitrogen and oxygen atoms in total. The molecule has 16 heavy (non-hydrogen) atoms. The SMILES string of the molecule is CC(=O)/C(=C/N(C)C)Nc1ccc(Cl)cc1. The van der Waals surface area contributed by atoms with E-state index in [0.29, 0.717) is 10.7 Å². The van der Waals surface area contributed by atoms with Crippen LogP contribution in [-0.2, 0) is 4.79 Å². The molecule has 0 spiro atoms. The molecule has 0 amide bonds. The number of ketones is 1. The lowest BCUT2D eigenvalue weighted by Crippen LogP contribution is -2.13. The Balaban J connectivity index is 2.84. The van der Waals surface area contributed by atoms with Gasteiger partial charge in [-0.3, -0.25) is 4.79 Å². The van der Waals surface area contributed by atoms with Crippen molar-refractivity contribution in [3.8, 4) is 0 Å². The van der Waals surface area contributed by atoms with Crippen LogP contribution >= 0.6 is 11.6 Å². The molecule has 0 bridgehead atoms. The molecule has 0 fully saturated rings. The summed E-state index contributed by atoms with van der Waals surface area (Å²) in [5.74, 6) is -0.0105. The highest BCUT2D eigenvalue weighted by Crippen LogP contribution is 2.15. The highest BCUT2D eigenvalue weighted by atomic mass is 35.5. The van der Waals surface area contributed by atoms with Gasteiger partial charge in [-0.05, 0) is 24.3 Å². The largest absolute Gasteiger partial charge is 0.382 e. The quantitative estimate of drug-likeness (QED) is 0.819. The van der Waals surface area contributed by atoms with Gasteiger partial charge in [0.15, 0.2) is 5.78 Å². The third-order valence-electron chi connectivity index (χ3n) is 1.89. The van der Waals surface area contributed by atoms with Crippen molar-refractivity contribution in [3.05, 3.63) is 41.2 Å². The second kappa shape index (κ2) is 5.56. The second-order valence-electron chi connectivity index (χ2n) is 3.69. The van der Waals surface area contributed by atoms with Crippen molar-refractivity contribution in [2.24, 2.45) is 0 Å². The van der Waals surface area contributed by atoms with E-state index in [1.807, 2.05) is 31.1 Å². The number of hydrogen-bond acceptors (Lipinski definition) is 3. The first-order chi connectivity index (χ1) is 7.49. The average molecular weight is 239 g/mol. The maximum Gasteiger partial charge on any atom is 0.177 e. The third-order valence-corrected chi connectivity index (χ3v) is 2.14. The molecule has 0 aliphatic rings. The van der Waals surface area contributed by atoms with Crippen molar-refractivity contribution < 1.29 is 4.79 Å². The number of benzene rings is 1. The van der Waals surface area contributed by atoms with E-state index in [0.717, 1.165) is 5.69 Å². The van der Waals surface area contributed by atoms with E-state index in [-0.39, 0.29) is 5.78 Å². The van der Waals surface area contributed by atoms with Gasteiger partial charge in [-0.2, -0.15) is 0 Å². The molecule has 0 aliphatic carbocycles. The predicted molar refractivity (Wildman–Crippen MR) is 67.5 cm³/mol. The Kier molecular flexibility index (Phi) is 4.38. The van der Waals surface area contributed by atoms with E-state index in [9.17, 15) is 4.79 Å². The molecule has 0 aliphatic heterocycles. The zero-order valence-corrected chi connectivity index (χ0v) is 10.4. The Morgan fingerprint density at radius 3 is 2.31 bits per heavy atom.